The predicted molar refractivity (Wildman–Crippen MR) is 92.3 cm³/mol. The van der Waals surface area contributed by atoms with Gasteiger partial charge in [0.25, 0.3) is 5.91 Å². The molecule has 2 aromatic carbocycles. The molecule has 1 N–H and O–H groups in total. The van der Waals surface area contributed by atoms with E-state index in [-0.39, 0.29) is 5.91 Å². The first-order valence-electron chi connectivity index (χ1n) is 7.85. The van der Waals surface area contributed by atoms with E-state index in [2.05, 4.69) is 10.5 Å². The maximum Gasteiger partial charge on any atom is 0.261 e. The van der Waals surface area contributed by atoms with Gasteiger partial charge in [-0.3, -0.25) is 4.79 Å². The first-order chi connectivity index (χ1) is 11.7. The summed E-state index contributed by atoms with van der Waals surface area (Å²) in [5.74, 6) is 0.317. The van der Waals surface area contributed by atoms with Crippen molar-refractivity contribution in [2.24, 2.45) is 0 Å². The average molecular weight is 320 g/mol. The highest BCUT2D eigenvalue weighted by molar-refractivity contribution is 6.09. The minimum absolute atomic E-state index is 0.210. The largest absolute Gasteiger partial charge is 0.456 e. The molecule has 0 aliphatic carbocycles. The standard InChI is InChI=1S/C19H16N2O3/c1-3-15-18(11(2)24-21-15)19(22)20-12-8-9-17-14(10-12)13-6-4-5-7-16(13)23-17/h4-10H,3H2,1-2H3,(H,20,22). The molecular formula is C19H16N2O3. The highest BCUT2D eigenvalue weighted by Gasteiger charge is 2.19. The first kappa shape index (κ1) is 14.5. The highest BCUT2D eigenvalue weighted by atomic mass is 16.5. The molecule has 4 aromatic rings. The molecule has 2 aromatic heterocycles. The molecule has 0 saturated heterocycles. The number of furan rings is 1. The molecular weight excluding hydrogens is 304 g/mol. The zero-order valence-electron chi connectivity index (χ0n) is 13.4. The molecule has 0 unspecified atom stereocenters. The summed E-state index contributed by atoms with van der Waals surface area (Å²) in [5, 5.41) is 8.85. The Hall–Kier alpha value is -3.08. The maximum absolute atomic E-state index is 12.6. The molecule has 0 spiro atoms. The number of hydrogen-bond acceptors (Lipinski definition) is 4. The Bertz CT molecular complexity index is 1060. The van der Waals surface area contributed by atoms with Gasteiger partial charge in [-0.2, -0.15) is 0 Å². The van der Waals surface area contributed by atoms with Crippen LogP contribution in [-0.2, 0) is 6.42 Å². The van der Waals surface area contributed by atoms with Gasteiger partial charge in [0.15, 0.2) is 0 Å². The minimum Gasteiger partial charge on any atom is -0.456 e. The Balaban J connectivity index is 1.73. The number of nitrogens with one attached hydrogen (secondary N) is 1. The van der Waals surface area contributed by atoms with Gasteiger partial charge in [-0.15, -0.1) is 0 Å². The highest BCUT2D eigenvalue weighted by Crippen LogP contribution is 2.30. The average Bonchev–Trinajstić information content (AvgIpc) is 3.14. The SMILES string of the molecule is CCc1noc(C)c1C(=O)Nc1ccc2oc3ccccc3c2c1. The summed E-state index contributed by atoms with van der Waals surface area (Å²) in [4.78, 5) is 12.6. The zero-order chi connectivity index (χ0) is 16.7. The molecule has 0 bridgehead atoms. The zero-order valence-corrected chi connectivity index (χ0v) is 13.4. The van der Waals surface area contributed by atoms with Crippen LogP contribution in [0.4, 0.5) is 5.69 Å². The van der Waals surface area contributed by atoms with Gasteiger partial charge in [0, 0.05) is 16.5 Å². The van der Waals surface area contributed by atoms with Crippen LogP contribution in [0.3, 0.4) is 0 Å². The number of benzene rings is 2. The van der Waals surface area contributed by atoms with Crippen molar-refractivity contribution < 1.29 is 13.7 Å². The topological polar surface area (TPSA) is 68.3 Å². The summed E-state index contributed by atoms with van der Waals surface area (Å²) in [6.45, 7) is 3.69. The lowest BCUT2D eigenvalue weighted by Gasteiger charge is -2.05. The predicted octanol–water partition coefficient (Wildman–Crippen LogP) is 4.70. The van der Waals surface area contributed by atoms with Gasteiger partial charge in [0.2, 0.25) is 0 Å². The quantitative estimate of drug-likeness (QED) is 0.594. The molecule has 0 atom stereocenters. The number of aromatic nitrogens is 1. The van der Waals surface area contributed by atoms with Crippen LogP contribution < -0.4 is 5.32 Å². The third kappa shape index (κ3) is 2.25. The van der Waals surface area contributed by atoms with E-state index < -0.39 is 0 Å². The summed E-state index contributed by atoms with van der Waals surface area (Å²) in [6.07, 6.45) is 0.644. The lowest BCUT2D eigenvalue weighted by atomic mass is 10.1. The summed E-state index contributed by atoms with van der Waals surface area (Å²) < 4.78 is 10.9. The lowest BCUT2D eigenvalue weighted by molar-refractivity contribution is 0.102. The molecule has 0 radical (unpaired) electrons. The second-order valence-corrected chi connectivity index (χ2v) is 5.68. The number of fused-ring (bicyclic) bond motifs is 3. The van der Waals surface area contributed by atoms with Gasteiger partial charge in [0.05, 0.1) is 5.69 Å². The van der Waals surface area contributed by atoms with Gasteiger partial charge in [-0.05, 0) is 37.6 Å². The molecule has 0 aliphatic rings. The van der Waals surface area contributed by atoms with Crippen molar-refractivity contribution >= 4 is 33.5 Å². The van der Waals surface area contributed by atoms with Crippen LogP contribution in [0.15, 0.2) is 51.4 Å². The molecule has 120 valence electrons. The molecule has 5 nitrogen and oxygen atoms in total. The number of nitrogens with zero attached hydrogens (tertiary/aromatic N) is 1. The Morgan fingerprint density at radius 2 is 1.92 bits per heavy atom. The summed E-state index contributed by atoms with van der Waals surface area (Å²) in [5.41, 5.74) is 3.51. The van der Waals surface area contributed by atoms with Crippen LogP contribution in [0.25, 0.3) is 21.9 Å². The number of amides is 1. The van der Waals surface area contributed by atoms with E-state index in [0.717, 1.165) is 21.9 Å². The first-order valence-corrected chi connectivity index (χ1v) is 7.85. The van der Waals surface area contributed by atoms with Crippen molar-refractivity contribution in [1.29, 1.82) is 0 Å². The molecule has 2 heterocycles. The molecule has 0 saturated carbocycles. The van der Waals surface area contributed by atoms with Crippen LogP contribution in [0.1, 0.15) is 28.7 Å². The number of hydrogen-bond donors (Lipinski definition) is 1. The third-order valence-electron chi connectivity index (χ3n) is 4.13. The summed E-state index contributed by atoms with van der Waals surface area (Å²) in [7, 11) is 0. The van der Waals surface area contributed by atoms with Crippen molar-refractivity contribution in [1.82, 2.24) is 5.16 Å². The Kier molecular flexibility index (Phi) is 3.34. The Labute approximate surface area is 138 Å². The van der Waals surface area contributed by atoms with Crippen LogP contribution in [0.5, 0.6) is 0 Å². The van der Waals surface area contributed by atoms with E-state index in [4.69, 9.17) is 8.94 Å². The number of para-hydroxylation sites is 1. The monoisotopic (exact) mass is 320 g/mol. The molecule has 0 aliphatic heterocycles. The lowest BCUT2D eigenvalue weighted by Crippen LogP contribution is -2.14. The number of aryl methyl sites for hydroxylation is 2. The van der Waals surface area contributed by atoms with Crippen molar-refractivity contribution in [3.63, 3.8) is 0 Å². The Morgan fingerprint density at radius 3 is 2.75 bits per heavy atom. The molecule has 0 fully saturated rings. The third-order valence-corrected chi connectivity index (χ3v) is 4.13. The molecule has 4 rings (SSSR count). The van der Waals surface area contributed by atoms with E-state index in [0.29, 0.717) is 29.1 Å². The second-order valence-electron chi connectivity index (χ2n) is 5.68. The fraction of sp³-hybridized carbons (Fsp3) is 0.158. The summed E-state index contributed by atoms with van der Waals surface area (Å²) >= 11 is 0. The van der Waals surface area contributed by atoms with Crippen molar-refractivity contribution in [2.75, 3.05) is 5.32 Å². The van der Waals surface area contributed by atoms with E-state index in [1.54, 1.807) is 6.92 Å². The van der Waals surface area contributed by atoms with E-state index in [1.807, 2.05) is 49.4 Å². The molecule has 5 heteroatoms. The van der Waals surface area contributed by atoms with Gasteiger partial charge < -0.3 is 14.3 Å². The maximum atomic E-state index is 12.6. The number of rotatable bonds is 3. The van der Waals surface area contributed by atoms with Gasteiger partial charge in [-0.25, -0.2) is 0 Å². The fourth-order valence-electron chi connectivity index (χ4n) is 2.95. The second kappa shape index (κ2) is 5.53. The Morgan fingerprint density at radius 1 is 1.12 bits per heavy atom. The van der Waals surface area contributed by atoms with Gasteiger partial charge in [-0.1, -0.05) is 30.3 Å². The van der Waals surface area contributed by atoms with E-state index in [9.17, 15) is 4.79 Å². The summed E-state index contributed by atoms with van der Waals surface area (Å²) in [6, 6.07) is 13.5. The van der Waals surface area contributed by atoms with Crippen LogP contribution >= 0.6 is 0 Å². The van der Waals surface area contributed by atoms with Crippen LogP contribution in [0.2, 0.25) is 0 Å². The van der Waals surface area contributed by atoms with Crippen LogP contribution in [0, 0.1) is 6.92 Å². The van der Waals surface area contributed by atoms with Crippen molar-refractivity contribution in [3.8, 4) is 0 Å². The van der Waals surface area contributed by atoms with E-state index >= 15 is 0 Å². The normalized spacial score (nSPS) is 11.2. The molecule has 24 heavy (non-hydrogen) atoms. The number of carbonyl (C=O) groups excluding carboxylic acids is 1. The minimum atomic E-state index is -0.210. The van der Waals surface area contributed by atoms with Crippen molar-refractivity contribution in [2.45, 2.75) is 20.3 Å². The fourth-order valence-corrected chi connectivity index (χ4v) is 2.95. The number of carbonyl (C=O) groups is 1. The van der Waals surface area contributed by atoms with Crippen molar-refractivity contribution in [3.05, 3.63) is 59.5 Å². The smallest absolute Gasteiger partial charge is 0.261 e. The van der Waals surface area contributed by atoms with Crippen LogP contribution in [-0.4, -0.2) is 11.1 Å². The number of anilines is 1. The van der Waals surface area contributed by atoms with Gasteiger partial charge >= 0.3 is 0 Å². The van der Waals surface area contributed by atoms with E-state index in [1.165, 1.54) is 0 Å². The van der Waals surface area contributed by atoms with Gasteiger partial charge in [0.1, 0.15) is 22.5 Å². The molecule has 1 amide bonds.